The van der Waals surface area contributed by atoms with E-state index in [1.54, 1.807) is 0 Å². The first kappa shape index (κ1) is 12.4. The Morgan fingerprint density at radius 3 is 2.63 bits per heavy atom. The van der Waals surface area contributed by atoms with Gasteiger partial charge >= 0.3 is 0 Å². The zero-order valence-corrected chi connectivity index (χ0v) is 12.4. The number of ketones is 1. The minimum Gasteiger partial charge on any atom is -0.299 e. The van der Waals surface area contributed by atoms with Crippen LogP contribution in [-0.4, -0.2) is 5.78 Å². The summed E-state index contributed by atoms with van der Waals surface area (Å²) in [7, 11) is 0. The second-order valence-electron chi connectivity index (χ2n) is 8.25. The van der Waals surface area contributed by atoms with Crippen LogP contribution in [0.2, 0.25) is 0 Å². The van der Waals surface area contributed by atoms with Crippen molar-refractivity contribution in [3.8, 4) is 0 Å². The van der Waals surface area contributed by atoms with Crippen LogP contribution in [-0.2, 0) is 4.79 Å². The fourth-order valence-electron chi connectivity index (χ4n) is 6.58. The Bertz CT molecular complexity index is 387. The first-order chi connectivity index (χ1) is 9.19. The fraction of sp³-hybridized carbons (Fsp3) is 0.944. The van der Waals surface area contributed by atoms with Gasteiger partial charge in [-0.3, -0.25) is 4.79 Å². The molecule has 0 heterocycles. The summed E-state index contributed by atoms with van der Waals surface area (Å²) in [6, 6.07) is 0. The summed E-state index contributed by atoms with van der Waals surface area (Å²) >= 11 is 0. The molecule has 0 aromatic carbocycles. The van der Waals surface area contributed by atoms with Crippen molar-refractivity contribution >= 4 is 5.78 Å². The molecule has 0 amide bonds. The largest absolute Gasteiger partial charge is 0.299 e. The van der Waals surface area contributed by atoms with Crippen LogP contribution in [0.15, 0.2) is 0 Å². The molecule has 0 N–H and O–H groups in total. The summed E-state index contributed by atoms with van der Waals surface area (Å²) in [6.45, 7) is 2.42. The Balaban J connectivity index is 1.63. The van der Waals surface area contributed by atoms with E-state index >= 15 is 0 Å². The number of fused-ring (bicyclic) bond motifs is 5. The number of rotatable bonds is 0. The lowest BCUT2D eigenvalue weighted by Crippen LogP contribution is -2.48. The van der Waals surface area contributed by atoms with Gasteiger partial charge in [-0.25, -0.2) is 0 Å². The minimum atomic E-state index is 0.389. The van der Waals surface area contributed by atoms with Gasteiger partial charge < -0.3 is 0 Å². The van der Waals surface area contributed by atoms with Crippen LogP contribution < -0.4 is 0 Å². The topological polar surface area (TPSA) is 17.1 Å². The van der Waals surface area contributed by atoms with Gasteiger partial charge in [0.25, 0.3) is 0 Å². The number of hydrogen-bond acceptors (Lipinski definition) is 1. The van der Waals surface area contributed by atoms with Crippen LogP contribution in [0, 0.1) is 35.0 Å². The van der Waals surface area contributed by atoms with Crippen molar-refractivity contribution in [3.63, 3.8) is 0 Å². The predicted octanol–water partition coefficient (Wildman–Crippen LogP) is 4.60. The molecule has 0 aromatic rings. The first-order valence-corrected chi connectivity index (χ1v) is 8.72. The van der Waals surface area contributed by atoms with Gasteiger partial charge in [0.05, 0.1) is 0 Å². The van der Waals surface area contributed by atoms with E-state index < -0.39 is 0 Å². The average Bonchev–Trinajstić information content (AvgIpc) is 2.74. The lowest BCUT2D eigenvalue weighted by atomic mass is 9.51. The smallest absolute Gasteiger partial charge is 0.136 e. The predicted molar refractivity (Wildman–Crippen MR) is 76.7 cm³/mol. The maximum absolute atomic E-state index is 12.4. The Morgan fingerprint density at radius 1 is 0.895 bits per heavy atom. The summed E-state index contributed by atoms with van der Waals surface area (Å²) in [6.07, 6.45) is 13.6. The molecule has 0 saturated heterocycles. The summed E-state index contributed by atoms with van der Waals surface area (Å²) in [5.41, 5.74) is 0.389. The molecule has 4 fully saturated rings. The van der Waals surface area contributed by atoms with Crippen molar-refractivity contribution in [1.29, 1.82) is 0 Å². The third-order valence-corrected chi connectivity index (χ3v) is 7.46. The standard InChI is InChI=1S/C18H28O/c1-18-10-8-14-13-5-3-2-4-12(13)6-7-15(14)17(18)16(19)9-11-18/h12-15,17H,2-11H2,1H3/t12?,13-,14+,15+,17+,18+/m0/s1. The van der Waals surface area contributed by atoms with Crippen LogP contribution in [0.4, 0.5) is 0 Å². The number of carbonyl (C=O) groups excluding carboxylic acids is 1. The molecule has 0 spiro atoms. The van der Waals surface area contributed by atoms with Gasteiger partial charge in [0.15, 0.2) is 0 Å². The molecule has 106 valence electrons. The normalized spacial score (nSPS) is 53.3. The van der Waals surface area contributed by atoms with Gasteiger partial charge in [-0.15, -0.1) is 0 Å². The highest BCUT2D eigenvalue weighted by molar-refractivity contribution is 5.84. The Kier molecular flexibility index (Phi) is 2.83. The van der Waals surface area contributed by atoms with Crippen molar-refractivity contribution in [3.05, 3.63) is 0 Å². The highest BCUT2D eigenvalue weighted by Crippen LogP contribution is 2.61. The second kappa shape index (κ2) is 4.33. The van der Waals surface area contributed by atoms with Crippen molar-refractivity contribution in [2.24, 2.45) is 35.0 Å². The number of hydrogen-bond donors (Lipinski definition) is 0. The van der Waals surface area contributed by atoms with Crippen LogP contribution in [0.3, 0.4) is 0 Å². The monoisotopic (exact) mass is 260 g/mol. The molecule has 4 aliphatic carbocycles. The van der Waals surface area contributed by atoms with Crippen molar-refractivity contribution in [1.82, 2.24) is 0 Å². The van der Waals surface area contributed by atoms with E-state index in [4.69, 9.17) is 0 Å². The summed E-state index contributed by atoms with van der Waals surface area (Å²) in [5, 5.41) is 0. The van der Waals surface area contributed by atoms with Gasteiger partial charge in [0.2, 0.25) is 0 Å². The van der Waals surface area contributed by atoms with E-state index in [-0.39, 0.29) is 0 Å². The quantitative estimate of drug-likeness (QED) is 0.622. The third kappa shape index (κ3) is 1.76. The van der Waals surface area contributed by atoms with Crippen molar-refractivity contribution < 1.29 is 4.79 Å². The molecule has 0 aromatic heterocycles. The van der Waals surface area contributed by atoms with E-state index in [0.717, 1.165) is 30.1 Å². The maximum Gasteiger partial charge on any atom is 0.136 e. The second-order valence-corrected chi connectivity index (χ2v) is 8.25. The molecule has 4 aliphatic rings. The lowest BCUT2D eigenvalue weighted by molar-refractivity contribution is -0.131. The van der Waals surface area contributed by atoms with Gasteiger partial charge in [-0.05, 0) is 67.6 Å². The van der Waals surface area contributed by atoms with E-state index in [1.807, 2.05) is 0 Å². The van der Waals surface area contributed by atoms with E-state index in [2.05, 4.69) is 6.92 Å². The molecule has 0 bridgehead atoms. The van der Waals surface area contributed by atoms with E-state index in [1.165, 1.54) is 57.8 Å². The highest BCUT2D eigenvalue weighted by Gasteiger charge is 2.56. The Hall–Kier alpha value is -0.330. The molecule has 4 rings (SSSR count). The molecule has 1 unspecified atom stereocenters. The van der Waals surface area contributed by atoms with E-state index in [9.17, 15) is 4.79 Å². The molecule has 4 saturated carbocycles. The molecular weight excluding hydrogens is 232 g/mol. The fourth-order valence-corrected chi connectivity index (χ4v) is 6.58. The van der Waals surface area contributed by atoms with Crippen molar-refractivity contribution in [2.45, 2.75) is 71.1 Å². The van der Waals surface area contributed by atoms with Gasteiger partial charge in [-0.1, -0.05) is 26.2 Å². The molecule has 0 radical (unpaired) electrons. The minimum absolute atomic E-state index is 0.389. The average molecular weight is 260 g/mol. The highest BCUT2D eigenvalue weighted by atomic mass is 16.1. The van der Waals surface area contributed by atoms with Crippen LogP contribution >= 0.6 is 0 Å². The molecule has 19 heavy (non-hydrogen) atoms. The van der Waals surface area contributed by atoms with Gasteiger partial charge in [0.1, 0.15) is 5.78 Å². The Morgan fingerprint density at radius 2 is 1.74 bits per heavy atom. The zero-order chi connectivity index (χ0) is 13.0. The van der Waals surface area contributed by atoms with Gasteiger partial charge in [0, 0.05) is 12.3 Å². The number of carbonyl (C=O) groups is 1. The maximum atomic E-state index is 12.4. The Labute approximate surface area is 117 Å². The van der Waals surface area contributed by atoms with Crippen LogP contribution in [0.25, 0.3) is 0 Å². The first-order valence-electron chi connectivity index (χ1n) is 8.72. The van der Waals surface area contributed by atoms with Gasteiger partial charge in [-0.2, -0.15) is 0 Å². The summed E-state index contributed by atoms with van der Waals surface area (Å²) < 4.78 is 0. The van der Waals surface area contributed by atoms with Crippen LogP contribution in [0.5, 0.6) is 0 Å². The molecule has 6 atom stereocenters. The van der Waals surface area contributed by atoms with Crippen LogP contribution in [0.1, 0.15) is 71.1 Å². The zero-order valence-electron chi connectivity index (χ0n) is 12.4. The lowest BCUT2D eigenvalue weighted by Gasteiger charge is -2.54. The summed E-state index contributed by atoms with van der Waals surface area (Å²) in [5.74, 6) is 4.79. The number of Topliss-reactive ketones (excluding diaryl/α,β-unsaturated/α-hetero) is 1. The molecule has 0 aliphatic heterocycles. The molecule has 1 heteroatoms. The molecular formula is C18H28O. The summed E-state index contributed by atoms with van der Waals surface area (Å²) in [4.78, 5) is 12.4. The molecule has 1 nitrogen and oxygen atoms in total. The van der Waals surface area contributed by atoms with Crippen molar-refractivity contribution in [2.75, 3.05) is 0 Å². The third-order valence-electron chi connectivity index (χ3n) is 7.46. The van der Waals surface area contributed by atoms with E-state index in [0.29, 0.717) is 17.1 Å². The SMILES string of the molecule is C[C@@]12CCC(=O)[C@H]1[C@@H]1CCC3CCCC[C@@H]3[C@H]1CC2.